The lowest BCUT2D eigenvalue weighted by molar-refractivity contribution is -0.000197. The summed E-state index contributed by atoms with van der Waals surface area (Å²) in [5.41, 5.74) is 2.75. The zero-order chi connectivity index (χ0) is 11.7. The molecule has 2 fully saturated rings. The molecule has 0 bridgehead atoms. The van der Waals surface area contributed by atoms with Crippen LogP contribution >= 0.6 is 0 Å². The van der Waals surface area contributed by atoms with E-state index in [0.29, 0.717) is 5.41 Å². The third kappa shape index (κ3) is 2.05. The zero-order valence-corrected chi connectivity index (χ0v) is 10.1. The average molecular weight is 233 g/mol. The molecule has 2 heterocycles. The summed E-state index contributed by atoms with van der Waals surface area (Å²) in [6, 6.07) is 8.21. The first-order valence-corrected chi connectivity index (χ1v) is 6.34. The summed E-state index contributed by atoms with van der Waals surface area (Å²) < 4.78 is 5.43. The Kier molecular flexibility index (Phi) is 2.81. The Balaban J connectivity index is 1.67. The molecule has 2 aliphatic heterocycles. The molecule has 0 atom stereocenters. The van der Waals surface area contributed by atoms with Crippen molar-refractivity contribution in [1.82, 2.24) is 0 Å². The standard InChI is InChI=1S/C14H19NO2/c16-9-12-2-1-3-13(8-12)15-10-14(11-15)4-6-17-7-5-14/h1-3,8,16H,4-7,9-11H2. The largest absolute Gasteiger partial charge is 0.392 e. The number of aliphatic hydroxyl groups is 1. The average Bonchev–Trinajstić information content (AvgIpc) is 2.37. The number of rotatable bonds is 2. The van der Waals surface area contributed by atoms with Gasteiger partial charge >= 0.3 is 0 Å². The van der Waals surface area contributed by atoms with Crippen LogP contribution in [-0.2, 0) is 11.3 Å². The van der Waals surface area contributed by atoms with Crippen molar-refractivity contribution >= 4 is 5.69 Å². The number of hydrogen-bond acceptors (Lipinski definition) is 3. The molecule has 2 saturated heterocycles. The Morgan fingerprint density at radius 1 is 1.24 bits per heavy atom. The summed E-state index contributed by atoms with van der Waals surface area (Å²) in [5.74, 6) is 0. The molecule has 0 amide bonds. The molecule has 1 aromatic rings. The summed E-state index contributed by atoms with van der Waals surface area (Å²) in [6.45, 7) is 4.26. The van der Waals surface area contributed by atoms with E-state index in [1.165, 1.54) is 18.5 Å². The lowest BCUT2D eigenvalue weighted by Gasteiger charge is -2.53. The molecule has 2 aliphatic rings. The lowest BCUT2D eigenvalue weighted by Crippen LogP contribution is -2.58. The summed E-state index contributed by atoms with van der Waals surface area (Å²) in [7, 11) is 0. The van der Waals surface area contributed by atoms with Crippen LogP contribution in [0.1, 0.15) is 18.4 Å². The lowest BCUT2D eigenvalue weighted by atomic mass is 9.73. The second-order valence-electron chi connectivity index (χ2n) is 5.30. The van der Waals surface area contributed by atoms with Crippen molar-refractivity contribution < 1.29 is 9.84 Å². The number of aliphatic hydroxyl groups excluding tert-OH is 1. The van der Waals surface area contributed by atoms with Gasteiger partial charge in [0, 0.05) is 37.4 Å². The minimum Gasteiger partial charge on any atom is -0.392 e. The van der Waals surface area contributed by atoms with Crippen LogP contribution in [0.5, 0.6) is 0 Å². The number of hydrogen-bond donors (Lipinski definition) is 1. The highest BCUT2D eigenvalue weighted by molar-refractivity contribution is 5.51. The Labute approximate surface area is 102 Å². The predicted molar refractivity (Wildman–Crippen MR) is 67.1 cm³/mol. The van der Waals surface area contributed by atoms with Crippen molar-refractivity contribution in [2.75, 3.05) is 31.2 Å². The fraction of sp³-hybridized carbons (Fsp3) is 0.571. The normalized spacial score (nSPS) is 22.5. The molecule has 0 unspecified atom stereocenters. The summed E-state index contributed by atoms with van der Waals surface area (Å²) in [4.78, 5) is 2.41. The van der Waals surface area contributed by atoms with E-state index in [-0.39, 0.29) is 6.61 Å². The van der Waals surface area contributed by atoms with Gasteiger partial charge in [-0.05, 0) is 30.5 Å². The van der Waals surface area contributed by atoms with Crippen LogP contribution in [0.25, 0.3) is 0 Å². The monoisotopic (exact) mass is 233 g/mol. The highest BCUT2D eigenvalue weighted by atomic mass is 16.5. The van der Waals surface area contributed by atoms with E-state index < -0.39 is 0 Å². The molecular formula is C14H19NO2. The van der Waals surface area contributed by atoms with E-state index in [9.17, 15) is 0 Å². The molecule has 1 spiro atoms. The molecule has 3 heteroatoms. The van der Waals surface area contributed by atoms with Crippen molar-refractivity contribution in [2.24, 2.45) is 5.41 Å². The minimum atomic E-state index is 0.126. The molecule has 92 valence electrons. The van der Waals surface area contributed by atoms with Gasteiger partial charge in [-0.3, -0.25) is 0 Å². The van der Waals surface area contributed by atoms with Crippen LogP contribution in [0.2, 0.25) is 0 Å². The van der Waals surface area contributed by atoms with Crippen molar-refractivity contribution in [3.05, 3.63) is 29.8 Å². The van der Waals surface area contributed by atoms with E-state index in [1.54, 1.807) is 0 Å². The molecular weight excluding hydrogens is 214 g/mol. The first-order valence-electron chi connectivity index (χ1n) is 6.34. The van der Waals surface area contributed by atoms with Crippen LogP contribution < -0.4 is 4.90 Å². The maximum Gasteiger partial charge on any atom is 0.0682 e. The van der Waals surface area contributed by atoms with Crippen LogP contribution in [0.3, 0.4) is 0 Å². The van der Waals surface area contributed by atoms with Gasteiger partial charge in [0.2, 0.25) is 0 Å². The van der Waals surface area contributed by atoms with E-state index in [2.05, 4.69) is 17.0 Å². The molecule has 3 nitrogen and oxygen atoms in total. The quantitative estimate of drug-likeness (QED) is 0.845. The van der Waals surface area contributed by atoms with Crippen molar-refractivity contribution in [1.29, 1.82) is 0 Å². The van der Waals surface area contributed by atoms with E-state index in [4.69, 9.17) is 9.84 Å². The Morgan fingerprint density at radius 3 is 2.71 bits per heavy atom. The van der Waals surface area contributed by atoms with Crippen LogP contribution in [0.15, 0.2) is 24.3 Å². The number of nitrogens with zero attached hydrogens (tertiary/aromatic N) is 1. The van der Waals surface area contributed by atoms with Crippen molar-refractivity contribution in [3.8, 4) is 0 Å². The van der Waals surface area contributed by atoms with E-state index in [0.717, 1.165) is 31.9 Å². The second kappa shape index (κ2) is 4.31. The van der Waals surface area contributed by atoms with E-state index in [1.807, 2.05) is 12.1 Å². The zero-order valence-electron chi connectivity index (χ0n) is 10.1. The van der Waals surface area contributed by atoms with Crippen LogP contribution in [0, 0.1) is 5.41 Å². The Hall–Kier alpha value is -1.06. The third-order valence-corrected chi connectivity index (χ3v) is 4.06. The molecule has 17 heavy (non-hydrogen) atoms. The number of benzene rings is 1. The molecule has 0 radical (unpaired) electrons. The molecule has 0 saturated carbocycles. The first-order chi connectivity index (χ1) is 8.31. The van der Waals surface area contributed by atoms with Gasteiger partial charge < -0.3 is 14.7 Å². The minimum absolute atomic E-state index is 0.126. The molecule has 3 rings (SSSR count). The third-order valence-electron chi connectivity index (χ3n) is 4.06. The topological polar surface area (TPSA) is 32.7 Å². The van der Waals surface area contributed by atoms with Crippen molar-refractivity contribution in [2.45, 2.75) is 19.4 Å². The van der Waals surface area contributed by atoms with Gasteiger partial charge in [-0.25, -0.2) is 0 Å². The predicted octanol–water partition coefficient (Wildman–Crippen LogP) is 1.80. The first kappa shape index (κ1) is 11.1. The second-order valence-corrected chi connectivity index (χ2v) is 5.30. The highest BCUT2D eigenvalue weighted by Gasteiger charge is 2.43. The van der Waals surface area contributed by atoms with Gasteiger partial charge in [-0.2, -0.15) is 0 Å². The van der Waals surface area contributed by atoms with Crippen molar-refractivity contribution in [3.63, 3.8) is 0 Å². The summed E-state index contributed by atoms with van der Waals surface area (Å²) >= 11 is 0. The Morgan fingerprint density at radius 2 is 2.00 bits per heavy atom. The fourth-order valence-corrected chi connectivity index (χ4v) is 2.92. The number of anilines is 1. The van der Waals surface area contributed by atoms with Gasteiger partial charge in [0.1, 0.15) is 0 Å². The Bertz CT molecular complexity index is 391. The number of ether oxygens (including phenoxy) is 1. The van der Waals surface area contributed by atoms with Gasteiger partial charge in [-0.15, -0.1) is 0 Å². The maximum absolute atomic E-state index is 9.14. The SMILES string of the molecule is OCc1cccc(N2CC3(CCOCC3)C2)c1. The summed E-state index contributed by atoms with van der Waals surface area (Å²) in [6.07, 6.45) is 2.40. The fourth-order valence-electron chi connectivity index (χ4n) is 2.92. The summed E-state index contributed by atoms with van der Waals surface area (Å²) in [5, 5.41) is 9.14. The van der Waals surface area contributed by atoms with Gasteiger partial charge in [-0.1, -0.05) is 12.1 Å². The van der Waals surface area contributed by atoms with Crippen LogP contribution in [0.4, 0.5) is 5.69 Å². The van der Waals surface area contributed by atoms with Gasteiger partial charge in [0.15, 0.2) is 0 Å². The van der Waals surface area contributed by atoms with Crippen LogP contribution in [-0.4, -0.2) is 31.4 Å². The smallest absolute Gasteiger partial charge is 0.0682 e. The molecule has 1 aromatic carbocycles. The maximum atomic E-state index is 9.14. The van der Waals surface area contributed by atoms with E-state index >= 15 is 0 Å². The molecule has 0 aliphatic carbocycles. The molecule has 0 aromatic heterocycles. The highest BCUT2D eigenvalue weighted by Crippen LogP contribution is 2.42. The van der Waals surface area contributed by atoms with Gasteiger partial charge in [0.25, 0.3) is 0 Å². The van der Waals surface area contributed by atoms with Gasteiger partial charge in [0.05, 0.1) is 6.61 Å². The molecule has 1 N–H and O–H groups in total.